The van der Waals surface area contributed by atoms with E-state index in [2.05, 4.69) is 89.1 Å². The number of carboxylic acids is 1. The molecule has 0 saturated carbocycles. The molecule has 44 heteroatoms. The van der Waals surface area contributed by atoms with E-state index >= 15 is 0 Å². The fourth-order valence-corrected chi connectivity index (χ4v) is 9.53. The van der Waals surface area contributed by atoms with E-state index in [9.17, 15) is 87.5 Å². The quantitative estimate of drug-likeness (QED) is 0.0164. The Hall–Kier alpha value is -9.60. The number of aromatic amines is 1. The number of aliphatic carboxylic acids is 1. The third kappa shape index (κ3) is 36.7. The Kier molecular flexibility index (Phi) is 44.2. The lowest BCUT2D eigenvalue weighted by Crippen LogP contribution is -2.62. The number of rotatable bonds is 52. The number of hydrogen-bond acceptors (Lipinski definition) is 25. The van der Waals surface area contributed by atoms with Gasteiger partial charge in [0.25, 0.3) is 0 Å². The second kappa shape index (κ2) is 49.9. The first-order chi connectivity index (χ1) is 48.2. The number of nitrogens with two attached hydrogens (primary N) is 7. The number of H-pyrrole nitrogens is 1. The van der Waals surface area contributed by atoms with Crippen LogP contribution >= 0.6 is 11.8 Å². The van der Waals surface area contributed by atoms with Crippen molar-refractivity contribution in [3.05, 3.63) is 18.2 Å². The molecule has 0 aliphatic heterocycles. The SMILES string of the molecule is CSCC[C@H](N)C(=O)N[C@H](C(=O)NCC(=O)N[C@@H](CO)C(=O)N[C@@H](CCCCN)C(=O)N[C@H](C(=O)N[C@@H](CCCN=C(N)N)C(=O)N[C@@H](CCCCN)C(=O)N[C@@H](Cc1cnc[nH]1)C(=O)N[C@@H](CCCN=C(N)N)C(=O)NCC(=O)N[C@@H](CO)C(=O)NCC(=O)N[C@@H](C)C(=O)O)[C@@H](C)O)[C@@H](C)O. The summed E-state index contributed by atoms with van der Waals surface area (Å²) < 4.78 is 0. The summed E-state index contributed by atoms with van der Waals surface area (Å²) in [4.78, 5) is 201. The monoisotopic (exact) mass is 1470 g/mol. The van der Waals surface area contributed by atoms with Crippen LogP contribution in [0.5, 0.6) is 0 Å². The summed E-state index contributed by atoms with van der Waals surface area (Å²) in [6.07, 6.45) is 1.45. The van der Waals surface area contributed by atoms with Crippen molar-refractivity contribution in [1.29, 1.82) is 0 Å². The molecule has 0 fully saturated rings. The topological polar surface area (TPSA) is 732 Å². The molecule has 13 amide bonds. The lowest BCUT2D eigenvalue weighted by Gasteiger charge is -2.28. The summed E-state index contributed by atoms with van der Waals surface area (Å²) in [5, 5.41) is 80.7. The minimum absolute atomic E-state index is 0.0116. The number of thioether (sulfide) groups is 1. The van der Waals surface area contributed by atoms with Crippen LogP contribution in [0.2, 0.25) is 0 Å². The highest BCUT2D eigenvalue weighted by Crippen LogP contribution is 2.11. The minimum atomic E-state index is -1.89. The predicted molar refractivity (Wildman–Crippen MR) is 368 cm³/mol. The van der Waals surface area contributed by atoms with Crippen LogP contribution < -0.4 is 109 Å². The number of aliphatic hydroxyl groups is 4. The first-order valence-corrected chi connectivity index (χ1v) is 34.0. The number of amides is 13. The molecule has 33 N–H and O–H groups in total. The van der Waals surface area contributed by atoms with Crippen LogP contribution in [-0.2, 0) is 73.5 Å². The van der Waals surface area contributed by atoms with Gasteiger partial charge in [0.15, 0.2) is 11.9 Å². The Morgan fingerprint density at radius 2 is 0.853 bits per heavy atom. The molecule has 0 saturated heterocycles. The molecular weight excluding hydrogens is 1370 g/mol. The van der Waals surface area contributed by atoms with E-state index in [0.29, 0.717) is 18.6 Å². The average Bonchev–Trinajstić information content (AvgIpc) is 1.19. The zero-order valence-corrected chi connectivity index (χ0v) is 58.3. The van der Waals surface area contributed by atoms with Gasteiger partial charge >= 0.3 is 5.97 Å². The molecule has 0 aliphatic carbocycles. The van der Waals surface area contributed by atoms with E-state index in [1.165, 1.54) is 38.1 Å². The maximum absolute atomic E-state index is 14.6. The number of guanidine groups is 2. The second-order valence-corrected chi connectivity index (χ2v) is 24.3. The highest BCUT2D eigenvalue weighted by Gasteiger charge is 2.37. The van der Waals surface area contributed by atoms with Gasteiger partial charge in [0.1, 0.15) is 60.4 Å². The van der Waals surface area contributed by atoms with Crippen molar-refractivity contribution < 1.29 is 92.7 Å². The van der Waals surface area contributed by atoms with E-state index < -0.39 is 194 Å². The molecule has 576 valence electrons. The molecule has 0 radical (unpaired) electrons. The highest BCUT2D eigenvalue weighted by molar-refractivity contribution is 7.98. The maximum atomic E-state index is 14.6. The first kappa shape index (κ1) is 90.4. The maximum Gasteiger partial charge on any atom is 0.325 e. The molecular formula is C58H104N24O19S. The molecule has 102 heavy (non-hydrogen) atoms. The molecule has 1 heterocycles. The summed E-state index contributed by atoms with van der Waals surface area (Å²) in [6, 6.07) is -16.9. The standard InChI is InChI=1S/C58H104N24O19S/c1-29(56(100)101)73-41(87)23-70-48(92)39(26-83)74-42(88)24-69-47(91)34(13-9-18-67-57(62)63)76-52(96)38(21-32-22-66-28-72-32)80-50(94)35(11-5-7-16-59)77-49(93)37(14-10-19-68-58(64)65)79-55(99)45(31(3)86)82-51(95)36(12-6-8-17-60)78-53(97)40(27-84)75-43(89)25-71-54(98)44(30(2)85)81-46(90)33(61)15-20-102-4/h22,28-31,33-40,44-45,83-86H,5-21,23-27,59-61H2,1-4H3,(H,66,72)(H,69,91)(H,70,92)(H,71,98)(H,73,87)(H,74,88)(H,75,89)(H,76,96)(H,77,93)(H,78,97)(H,79,99)(H,80,94)(H,81,90)(H,82,95)(H,100,101)(H4,62,63,67)(H4,64,65,68)/t29-,30+,31+,33-,34-,35-,36-,37-,38-,39-,40-,44-,45-/m0/s1. The van der Waals surface area contributed by atoms with Crippen molar-refractivity contribution in [3.63, 3.8) is 0 Å². The molecule has 43 nitrogen and oxygen atoms in total. The summed E-state index contributed by atoms with van der Waals surface area (Å²) in [7, 11) is 0. The number of carboxylic acid groups (broad SMARTS) is 1. The van der Waals surface area contributed by atoms with Crippen LogP contribution in [0.1, 0.15) is 97.1 Å². The zero-order chi connectivity index (χ0) is 77.0. The van der Waals surface area contributed by atoms with Gasteiger partial charge in [-0.15, -0.1) is 0 Å². The molecule has 0 bridgehead atoms. The van der Waals surface area contributed by atoms with Gasteiger partial charge in [-0.1, -0.05) is 0 Å². The van der Waals surface area contributed by atoms with Gasteiger partial charge in [-0.05, 0) is 116 Å². The third-order valence-electron chi connectivity index (χ3n) is 14.7. The Morgan fingerprint density at radius 3 is 1.27 bits per heavy atom. The van der Waals surface area contributed by atoms with E-state index in [-0.39, 0.29) is 108 Å². The van der Waals surface area contributed by atoms with Crippen LogP contribution in [0.4, 0.5) is 0 Å². The van der Waals surface area contributed by atoms with Crippen LogP contribution in [0.25, 0.3) is 0 Å². The van der Waals surface area contributed by atoms with Gasteiger partial charge in [0.05, 0.1) is 57.4 Å². The number of imidazole rings is 1. The molecule has 13 atom stereocenters. The van der Waals surface area contributed by atoms with Gasteiger partial charge in [0.2, 0.25) is 76.8 Å². The largest absolute Gasteiger partial charge is 0.480 e. The number of carbonyl (C=O) groups excluding carboxylic acids is 13. The smallest absolute Gasteiger partial charge is 0.325 e. The highest BCUT2D eigenvalue weighted by atomic mass is 32.2. The normalized spacial score (nSPS) is 14.8. The molecule has 0 aromatic carbocycles. The van der Waals surface area contributed by atoms with Gasteiger partial charge < -0.3 is 140 Å². The average molecular weight is 1470 g/mol. The number of aliphatic imine (C=N–C) groups is 2. The first-order valence-electron chi connectivity index (χ1n) is 32.6. The van der Waals surface area contributed by atoms with Crippen molar-refractivity contribution in [1.82, 2.24) is 79.1 Å². The van der Waals surface area contributed by atoms with Gasteiger partial charge in [0, 0.05) is 31.4 Å². The predicted octanol–water partition coefficient (Wildman–Crippen LogP) is -12.6. The summed E-state index contributed by atoms with van der Waals surface area (Å²) in [5.74, 6) is -14.6. The van der Waals surface area contributed by atoms with Gasteiger partial charge in [-0.3, -0.25) is 77.1 Å². The Bertz CT molecular complexity index is 2940. The van der Waals surface area contributed by atoms with Crippen molar-refractivity contribution in [2.45, 2.75) is 176 Å². The van der Waals surface area contributed by atoms with Crippen LogP contribution in [-0.4, -0.2) is 280 Å². The number of unbranched alkanes of at least 4 members (excludes halogenated alkanes) is 2. The molecule has 0 spiro atoms. The molecule has 1 rings (SSSR count). The van der Waals surface area contributed by atoms with Crippen LogP contribution in [0.3, 0.4) is 0 Å². The lowest BCUT2D eigenvalue weighted by molar-refractivity contribution is -0.141. The van der Waals surface area contributed by atoms with Gasteiger partial charge in [-0.25, -0.2) is 4.98 Å². The fraction of sp³-hybridized carbons (Fsp3) is 0.672. The summed E-state index contributed by atoms with van der Waals surface area (Å²) >= 11 is 1.43. The number of aliphatic hydroxyl groups excluding tert-OH is 4. The van der Waals surface area contributed by atoms with Crippen molar-refractivity contribution in [2.75, 3.05) is 71.0 Å². The Balaban J connectivity index is 3.56. The van der Waals surface area contributed by atoms with Crippen molar-refractivity contribution in [2.24, 2.45) is 50.1 Å². The number of aromatic nitrogens is 2. The number of nitrogens with one attached hydrogen (secondary N) is 14. The Morgan fingerprint density at radius 1 is 0.480 bits per heavy atom. The summed E-state index contributed by atoms with van der Waals surface area (Å²) in [5.41, 5.74) is 39.7. The molecule has 0 aliphatic rings. The summed E-state index contributed by atoms with van der Waals surface area (Å²) in [6.45, 7) is -0.815. The minimum Gasteiger partial charge on any atom is -0.480 e. The van der Waals surface area contributed by atoms with E-state index in [4.69, 9.17) is 45.2 Å². The van der Waals surface area contributed by atoms with Crippen LogP contribution in [0, 0.1) is 0 Å². The zero-order valence-electron chi connectivity index (χ0n) is 57.5. The van der Waals surface area contributed by atoms with E-state index in [1.807, 2.05) is 0 Å². The second-order valence-electron chi connectivity index (χ2n) is 23.3. The van der Waals surface area contributed by atoms with Gasteiger partial charge in [-0.2, -0.15) is 11.8 Å². The fourth-order valence-electron chi connectivity index (χ4n) is 9.04. The third-order valence-corrected chi connectivity index (χ3v) is 15.4. The van der Waals surface area contributed by atoms with Crippen molar-refractivity contribution >= 4 is 106 Å². The van der Waals surface area contributed by atoms with Crippen molar-refractivity contribution in [3.8, 4) is 0 Å². The number of carbonyl (C=O) groups is 14. The number of hydrogen-bond donors (Lipinski definition) is 26. The molecule has 1 aromatic heterocycles. The van der Waals surface area contributed by atoms with E-state index in [0.717, 1.165) is 6.92 Å². The van der Waals surface area contributed by atoms with Crippen LogP contribution in [0.15, 0.2) is 22.5 Å². The van der Waals surface area contributed by atoms with E-state index in [1.54, 1.807) is 6.26 Å². The lowest BCUT2D eigenvalue weighted by atomic mass is 10.0. The molecule has 0 unspecified atom stereocenters. The Labute approximate surface area is 592 Å². The number of nitrogens with zero attached hydrogens (tertiary/aromatic N) is 3. The molecule has 1 aromatic rings.